The fourth-order valence-corrected chi connectivity index (χ4v) is 3.18. The maximum atomic E-state index is 12.7. The van der Waals surface area contributed by atoms with Crippen molar-refractivity contribution in [2.75, 3.05) is 0 Å². The SMILES string of the molecule is CC1CC(Sc2nnc3ccc(C(F)(F)F)cn23)C(=O)O1. The van der Waals surface area contributed by atoms with Gasteiger partial charge >= 0.3 is 12.1 Å². The van der Waals surface area contributed by atoms with Crippen molar-refractivity contribution in [1.82, 2.24) is 14.6 Å². The number of ether oxygens (including phenoxy) is 1. The van der Waals surface area contributed by atoms with Crippen molar-refractivity contribution in [2.24, 2.45) is 0 Å². The van der Waals surface area contributed by atoms with E-state index in [2.05, 4.69) is 10.2 Å². The minimum Gasteiger partial charge on any atom is -0.462 e. The second-order valence-electron chi connectivity index (χ2n) is 4.72. The average molecular weight is 317 g/mol. The maximum absolute atomic E-state index is 12.7. The van der Waals surface area contributed by atoms with Gasteiger partial charge in [-0.3, -0.25) is 9.20 Å². The van der Waals surface area contributed by atoms with Gasteiger partial charge in [-0.05, 0) is 19.1 Å². The Morgan fingerprint density at radius 3 is 2.76 bits per heavy atom. The lowest BCUT2D eigenvalue weighted by Gasteiger charge is -2.08. The number of pyridine rings is 1. The van der Waals surface area contributed by atoms with Crippen LogP contribution in [0.15, 0.2) is 23.5 Å². The predicted octanol–water partition coefficient (Wildman–Crippen LogP) is 2.54. The molecule has 9 heteroatoms. The molecule has 2 atom stereocenters. The van der Waals surface area contributed by atoms with Crippen LogP contribution in [0.5, 0.6) is 0 Å². The average Bonchev–Trinajstić information content (AvgIpc) is 2.93. The van der Waals surface area contributed by atoms with Gasteiger partial charge in [0.15, 0.2) is 10.8 Å². The quantitative estimate of drug-likeness (QED) is 0.797. The first-order valence-electron chi connectivity index (χ1n) is 6.14. The number of carbonyl (C=O) groups excluding carboxylic acids is 1. The molecule has 5 nitrogen and oxygen atoms in total. The van der Waals surface area contributed by atoms with E-state index in [0.717, 1.165) is 24.0 Å². The monoisotopic (exact) mass is 317 g/mol. The van der Waals surface area contributed by atoms with Crippen LogP contribution in [0.3, 0.4) is 0 Å². The Kier molecular flexibility index (Phi) is 3.31. The minimum atomic E-state index is -4.44. The van der Waals surface area contributed by atoms with Gasteiger partial charge in [0.05, 0.1) is 5.56 Å². The van der Waals surface area contributed by atoms with Crippen molar-refractivity contribution < 1.29 is 22.7 Å². The van der Waals surface area contributed by atoms with Crippen LogP contribution in [0.1, 0.15) is 18.9 Å². The Balaban J connectivity index is 1.94. The van der Waals surface area contributed by atoms with Crippen LogP contribution in [0.2, 0.25) is 0 Å². The molecule has 2 aromatic heterocycles. The number of thioether (sulfide) groups is 1. The highest BCUT2D eigenvalue weighted by Gasteiger charge is 2.35. The molecular formula is C12H10F3N3O2S. The molecule has 2 unspecified atom stereocenters. The molecule has 0 aliphatic carbocycles. The number of halogens is 3. The molecule has 0 radical (unpaired) electrons. The van der Waals surface area contributed by atoms with E-state index in [1.807, 2.05) is 0 Å². The van der Waals surface area contributed by atoms with Gasteiger partial charge < -0.3 is 4.74 Å². The summed E-state index contributed by atoms with van der Waals surface area (Å²) in [5.41, 5.74) is -0.496. The number of nitrogens with zero attached hydrogens (tertiary/aromatic N) is 3. The number of fused-ring (bicyclic) bond motifs is 1. The zero-order valence-electron chi connectivity index (χ0n) is 10.8. The maximum Gasteiger partial charge on any atom is 0.417 e. The zero-order valence-corrected chi connectivity index (χ0v) is 11.6. The van der Waals surface area contributed by atoms with Gasteiger partial charge in [0.25, 0.3) is 0 Å². The topological polar surface area (TPSA) is 56.5 Å². The van der Waals surface area contributed by atoms with Crippen molar-refractivity contribution in [2.45, 2.75) is 36.0 Å². The summed E-state index contributed by atoms with van der Waals surface area (Å²) >= 11 is 1.07. The zero-order chi connectivity index (χ0) is 15.2. The van der Waals surface area contributed by atoms with Gasteiger partial charge in [0.1, 0.15) is 11.4 Å². The summed E-state index contributed by atoms with van der Waals surface area (Å²) in [6, 6.07) is 2.19. The van der Waals surface area contributed by atoms with Crippen LogP contribution in [0, 0.1) is 0 Å². The summed E-state index contributed by atoms with van der Waals surface area (Å²) in [5.74, 6) is -0.378. The Morgan fingerprint density at radius 2 is 2.14 bits per heavy atom. The summed E-state index contributed by atoms with van der Waals surface area (Å²) < 4.78 is 44.5. The van der Waals surface area contributed by atoms with E-state index in [1.54, 1.807) is 6.92 Å². The van der Waals surface area contributed by atoms with E-state index in [9.17, 15) is 18.0 Å². The third kappa shape index (κ3) is 2.69. The van der Waals surface area contributed by atoms with Crippen LogP contribution in [0.4, 0.5) is 13.2 Å². The lowest BCUT2D eigenvalue weighted by Crippen LogP contribution is -2.11. The standard InChI is InChI=1S/C12H10F3N3O2S/c1-6-4-8(10(19)20-6)21-11-17-16-9-3-2-7(5-18(9)11)12(13,14)15/h2-3,5-6,8H,4H2,1H3. The molecule has 112 valence electrons. The van der Waals surface area contributed by atoms with E-state index in [1.165, 1.54) is 10.5 Å². The molecule has 1 aliphatic rings. The summed E-state index contributed by atoms with van der Waals surface area (Å²) in [7, 11) is 0. The molecule has 2 aromatic rings. The summed E-state index contributed by atoms with van der Waals surface area (Å²) in [4.78, 5) is 11.6. The van der Waals surface area contributed by atoms with Gasteiger partial charge in [-0.25, -0.2) is 0 Å². The molecule has 1 saturated heterocycles. The fourth-order valence-electron chi connectivity index (χ4n) is 2.06. The molecule has 0 aromatic carbocycles. The van der Waals surface area contributed by atoms with Crippen LogP contribution in [0.25, 0.3) is 5.65 Å². The number of carbonyl (C=O) groups is 1. The van der Waals surface area contributed by atoms with Gasteiger partial charge in [-0.2, -0.15) is 13.2 Å². The fraction of sp³-hybridized carbons (Fsp3) is 0.417. The predicted molar refractivity (Wildman–Crippen MR) is 67.8 cm³/mol. The molecule has 3 heterocycles. The molecular weight excluding hydrogens is 307 g/mol. The largest absolute Gasteiger partial charge is 0.462 e. The van der Waals surface area contributed by atoms with Crippen LogP contribution in [-0.2, 0) is 15.7 Å². The number of aromatic nitrogens is 3. The van der Waals surface area contributed by atoms with Gasteiger partial charge in [0, 0.05) is 12.6 Å². The van der Waals surface area contributed by atoms with E-state index in [0.29, 0.717) is 12.1 Å². The van der Waals surface area contributed by atoms with Crippen molar-refractivity contribution in [3.8, 4) is 0 Å². The molecule has 21 heavy (non-hydrogen) atoms. The molecule has 0 N–H and O–H groups in total. The normalized spacial score (nSPS) is 22.8. The number of hydrogen-bond donors (Lipinski definition) is 0. The first-order valence-corrected chi connectivity index (χ1v) is 7.01. The number of esters is 1. The molecule has 3 rings (SSSR count). The van der Waals surface area contributed by atoms with E-state index in [-0.39, 0.29) is 17.2 Å². The van der Waals surface area contributed by atoms with Crippen molar-refractivity contribution in [3.63, 3.8) is 0 Å². The minimum absolute atomic E-state index is 0.195. The first kappa shape index (κ1) is 14.2. The van der Waals surface area contributed by atoms with Gasteiger partial charge in [0.2, 0.25) is 0 Å². The Bertz CT molecular complexity index is 701. The van der Waals surface area contributed by atoms with Crippen LogP contribution < -0.4 is 0 Å². The van der Waals surface area contributed by atoms with Crippen LogP contribution in [-0.4, -0.2) is 31.9 Å². The van der Waals surface area contributed by atoms with Gasteiger partial charge in [-0.1, -0.05) is 11.8 Å². The van der Waals surface area contributed by atoms with E-state index in [4.69, 9.17) is 4.74 Å². The number of cyclic esters (lactones) is 1. The third-order valence-corrected chi connectivity index (χ3v) is 4.23. The van der Waals surface area contributed by atoms with Gasteiger partial charge in [-0.15, -0.1) is 10.2 Å². The second-order valence-corrected chi connectivity index (χ2v) is 5.89. The first-order chi connectivity index (χ1) is 9.84. The summed E-state index contributed by atoms with van der Waals surface area (Å²) in [6.07, 6.45) is -3.21. The Labute approximate surface area is 121 Å². The van der Waals surface area contributed by atoms with Crippen molar-refractivity contribution in [1.29, 1.82) is 0 Å². The van der Waals surface area contributed by atoms with E-state index < -0.39 is 17.0 Å². The molecule has 1 fully saturated rings. The highest BCUT2D eigenvalue weighted by atomic mass is 32.2. The van der Waals surface area contributed by atoms with Crippen LogP contribution >= 0.6 is 11.8 Å². The molecule has 0 spiro atoms. The second kappa shape index (κ2) is 4.90. The smallest absolute Gasteiger partial charge is 0.417 e. The summed E-state index contributed by atoms with van der Waals surface area (Å²) in [5, 5.41) is 7.42. The Morgan fingerprint density at radius 1 is 1.38 bits per heavy atom. The highest BCUT2D eigenvalue weighted by Crippen LogP contribution is 2.33. The lowest BCUT2D eigenvalue weighted by atomic mass is 10.3. The summed E-state index contributed by atoms with van der Waals surface area (Å²) in [6.45, 7) is 1.77. The molecule has 0 amide bonds. The lowest BCUT2D eigenvalue weighted by molar-refractivity contribution is -0.140. The number of alkyl halides is 3. The van der Waals surface area contributed by atoms with E-state index >= 15 is 0 Å². The number of rotatable bonds is 2. The molecule has 1 aliphatic heterocycles. The van der Waals surface area contributed by atoms with Crippen molar-refractivity contribution >= 4 is 23.4 Å². The number of hydrogen-bond acceptors (Lipinski definition) is 5. The third-order valence-electron chi connectivity index (χ3n) is 3.07. The molecule has 0 bridgehead atoms. The molecule has 0 saturated carbocycles. The van der Waals surface area contributed by atoms with Crippen molar-refractivity contribution in [3.05, 3.63) is 23.9 Å². The highest BCUT2D eigenvalue weighted by molar-refractivity contribution is 8.00. The Hall–Kier alpha value is -1.77.